The van der Waals surface area contributed by atoms with Crippen LogP contribution in [-0.2, 0) is 19.3 Å². The van der Waals surface area contributed by atoms with Crippen LogP contribution in [0.15, 0.2) is 48.5 Å². The lowest BCUT2D eigenvalue weighted by Gasteiger charge is -2.18. The summed E-state index contributed by atoms with van der Waals surface area (Å²) in [6, 6.07) is 16.7. The van der Waals surface area contributed by atoms with Crippen molar-refractivity contribution in [1.29, 1.82) is 0 Å². The van der Waals surface area contributed by atoms with Crippen LogP contribution < -0.4 is 0 Å². The van der Waals surface area contributed by atoms with Gasteiger partial charge in [0.2, 0.25) is 0 Å². The summed E-state index contributed by atoms with van der Waals surface area (Å²) in [6.07, 6.45) is 5.25. The molecule has 0 saturated carbocycles. The molecule has 0 fully saturated rings. The Bertz CT molecular complexity index is 545. The molecule has 0 heterocycles. The van der Waals surface area contributed by atoms with Crippen LogP contribution in [0.1, 0.15) is 41.2 Å². The summed E-state index contributed by atoms with van der Waals surface area (Å²) in [7, 11) is 0. The van der Waals surface area contributed by atoms with E-state index < -0.39 is 6.10 Å². The van der Waals surface area contributed by atoms with Crippen molar-refractivity contribution < 1.29 is 5.11 Å². The van der Waals surface area contributed by atoms with E-state index in [1.807, 2.05) is 18.2 Å². The summed E-state index contributed by atoms with van der Waals surface area (Å²) in [4.78, 5) is 0. The Morgan fingerprint density at radius 1 is 0.895 bits per heavy atom. The van der Waals surface area contributed by atoms with Crippen molar-refractivity contribution >= 4 is 0 Å². The first-order valence-electron chi connectivity index (χ1n) is 7.16. The molecule has 0 bridgehead atoms. The lowest BCUT2D eigenvalue weighted by molar-refractivity contribution is 0.178. The molecular weight excluding hydrogens is 232 g/mol. The molecule has 2 aromatic rings. The highest BCUT2D eigenvalue weighted by Crippen LogP contribution is 2.26. The molecule has 1 N–H and O–H groups in total. The Morgan fingerprint density at radius 2 is 1.63 bits per heavy atom. The number of aliphatic hydroxyl groups excluding tert-OH is 1. The smallest absolute Gasteiger partial charge is 0.0830 e. The van der Waals surface area contributed by atoms with E-state index >= 15 is 0 Å². The molecule has 1 aliphatic rings. The molecule has 1 nitrogen and oxygen atoms in total. The maximum atomic E-state index is 10.4. The summed E-state index contributed by atoms with van der Waals surface area (Å²) >= 11 is 0. The molecule has 0 amide bonds. The molecule has 0 aliphatic heterocycles. The fraction of sp³-hybridized carbons (Fsp3) is 0.333. The molecule has 1 atom stereocenters. The van der Waals surface area contributed by atoms with Gasteiger partial charge in [-0.2, -0.15) is 0 Å². The lowest BCUT2D eigenvalue weighted by Crippen LogP contribution is -2.07. The number of hydrogen-bond donors (Lipinski definition) is 1. The average Bonchev–Trinajstić information content (AvgIpc) is 2.48. The predicted octanol–water partition coefficient (Wildman–Crippen LogP) is 3.84. The molecule has 2 aromatic carbocycles. The van der Waals surface area contributed by atoms with E-state index in [0.29, 0.717) is 6.42 Å². The van der Waals surface area contributed by atoms with Crippen molar-refractivity contribution in [2.75, 3.05) is 0 Å². The molecule has 1 heteroatoms. The summed E-state index contributed by atoms with van der Waals surface area (Å²) in [5.41, 5.74) is 5.16. The number of hydrogen-bond acceptors (Lipinski definition) is 1. The van der Waals surface area contributed by atoms with Crippen molar-refractivity contribution in [1.82, 2.24) is 0 Å². The number of aryl methyl sites for hydroxylation is 2. The topological polar surface area (TPSA) is 20.2 Å². The van der Waals surface area contributed by atoms with E-state index in [0.717, 1.165) is 5.56 Å². The van der Waals surface area contributed by atoms with Crippen LogP contribution in [0.3, 0.4) is 0 Å². The zero-order chi connectivity index (χ0) is 13.1. The van der Waals surface area contributed by atoms with Gasteiger partial charge < -0.3 is 5.11 Å². The Hall–Kier alpha value is -1.60. The molecule has 3 rings (SSSR count). The van der Waals surface area contributed by atoms with Gasteiger partial charge in [0.05, 0.1) is 6.10 Å². The second kappa shape index (κ2) is 5.58. The van der Waals surface area contributed by atoms with Crippen molar-refractivity contribution in [3.05, 3.63) is 70.8 Å². The third-order valence-corrected chi connectivity index (χ3v) is 4.03. The predicted molar refractivity (Wildman–Crippen MR) is 78.2 cm³/mol. The molecular formula is C18H20O. The third-order valence-electron chi connectivity index (χ3n) is 4.03. The van der Waals surface area contributed by atoms with Crippen molar-refractivity contribution in [3.8, 4) is 0 Å². The average molecular weight is 252 g/mol. The van der Waals surface area contributed by atoms with Crippen molar-refractivity contribution in [2.45, 2.75) is 38.2 Å². The Balaban J connectivity index is 1.78. The minimum Gasteiger partial charge on any atom is -0.388 e. The molecule has 19 heavy (non-hydrogen) atoms. The molecule has 0 saturated heterocycles. The lowest BCUT2D eigenvalue weighted by atomic mass is 9.89. The van der Waals surface area contributed by atoms with E-state index in [1.54, 1.807) is 0 Å². The monoisotopic (exact) mass is 252 g/mol. The Morgan fingerprint density at radius 3 is 2.42 bits per heavy atom. The highest BCUT2D eigenvalue weighted by Gasteiger charge is 2.13. The van der Waals surface area contributed by atoms with E-state index in [2.05, 4.69) is 30.3 Å². The minimum absolute atomic E-state index is 0.394. The molecule has 1 aliphatic carbocycles. The van der Waals surface area contributed by atoms with Gasteiger partial charge in [-0.05, 0) is 47.9 Å². The first-order valence-corrected chi connectivity index (χ1v) is 7.16. The Labute approximate surface area is 114 Å². The van der Waals surface area contributed by atoms with Gasteiger partial charge in [0.1, 0.15) is 0 Å². The second-order valence-electron chi connectivity index (χ2n) is 5.44. The second-order valence-corrected chi connectivity index (χ2v) is 5.44. The first-order chi connectivity index (χ1) is 9.33. The summed E-state index contributed by atoms with van der Waals surface area (Å²) in [5.74, 6) is 0. The maximum absolute atomic E-state index is 10.4. The first kappa shape index (κ1) is 12.4. The van der Waals surface area contributed by atoms with Gasteiger partial charge in [-0.15, -0.1) is 0 Å². The fourth-order valence-electron chi connectivity index (χ4n) is 2.92. The van der Waals surface area contributed by atoms with Crippen LogP contribution >= 0.6 is 0 Å². The van der Waals surface area contributed by atoms with Crippen LogP contribution in [-0.4, -0.2) is 5.11 Å². The van der Waals surface area contributed by atoms with Gasteiger partial charge in [-0.25, -0.2) is 0 Å². The molecule has 1 unspecified atom stereocenters. The quantitative estimate of drug-likeness (QED) is 0.880. The van der Waals surface area contributed by atoms with Gasteiger partial charge in [0.15, 0.2) is 0 Å². The van der Waals surface area contributed by atoms with Crippen LogP contribution in [0, 0.1) is 0 Å². The van der Waals surface area contributed by atoms with Crippen LogP contribution in [0.2, 0.25) is 0 Å². The molecule has 0 aromatic heterocycles. The van der Waals surface area contributed by atoms with E-state index in [4.69, 9.17) is 0 Å². The normalized spacial score (nSPS) is 15.8. The number of aliphatic hydroxyl groups is 1. The molecule has 98 valence electrons. The van der Waals surface area contributed by atoms with Crippen LogP contribution in [0.5, 0.6) is 0 Å². The largest absolute Gasteiger partial charge is 0.388 e. The zero-order valence-corrected chi connectivity index (χ0v) is 11.2. The van der Waals surface area contributed by atoms with Crippen LogP contribution in [0.25, 0.3) is 0 Å². The van der Waals surface area contributed by atoms with E-state index in [1.165, 1.54) is 42.4 Å². The van der Waals surface area contributed by atoms with E-state index in [9.17, 15) is 5.11 Å². The number of rotatable bonds is 3. The number of benzene rings is 2. The van der Waals surface area contributed by atoms with E-state index in [-0.39, 0.29) is 0 Å². The van der Waals surface area contributed by atoms with Crippen molar-refractivity contribution in [2.24, 2.45) is 0 Å². The Kier molecular flexibility index (Phi) is 3.65. The molecule has 0 spiro atoms. The van der Waals surface area contributed by atoms with Gasteiger partial charge in [-0.1, -0.05) is 48.5 Å². The third kappa shape index (κ3) is 2.87. The SMILES string of the molecule is OC(Cc1ccccc1)c1ccc2c(c1)CCCC2. The minimum atomic E-state index is -0.394. The van der Waals surface area contributed by atoms with Gasteiger partial charge in [-0.3, -0.25) is 0 Å². The van der Waals surface area contributed by atoms with Gasteiger partial charge in [0.25, 0.3) is 0 Å². The van der Waals surface area contributed by atoms with Crippen molar-refractivity contribution in [3.63, 3.8) is 0 Å². The highest BCUT2D eigenvalue weighted by atomic mass is 16.3. The summed E-state index contributed by atoms with van der Waals surface area (Å²) < 4.78 is 0. The standard InChI is InChI=1S/C18H20O/c19-18(12-14-6-2-1-3-7-14)17-11-10-15-8-4-5-9-16(15)13-17/h1-3,6-7,10-11,13,18-19H,4-5,8-9,12H2. The summed E-state index contributed by atoms with van der Waals surface area (Å²) in [6.45, 7) is 0. The van der Waals surface area contributed by atoms with Gasteiger partial charge >= 0.3 is 0 Å². The maximum Gasteiger partial charge on any atom is 0.0830 e. The number of fused-ring (bicyclic) bond motifs is 1. The zero-order valence-electron chi connectivity index (χ0n) is 11.2. The summed E-state index contributed by atoms with van der Waals surface area (Å²) in [5, 5.41) is 10.4. The fourth-order valence-corrected chi connectivity index (χ4v) is 2.92. The molecule has 0 radical (unpaired) electrons. The van der Waals surface area contributed by atoms with Crippen LogP contribution in [0.4, 0.5) is 0 Å². The highest BCUT2D eigenvalue weighted by molar-refractivity contribution is 5.35. The van der Waals surface area contributed by atoms with Gasteiger partial charge in [0, 0.05) is 6.42 Å².